The molecule has 0 aromatic carbocycles. The number of nitrogens with zero attached hydrogens (tertiary/aromatic N) is 3. The van der Waals surface area contributed by atoms with Crippen molar-refractivity contribution in [2.24, 2.45) is 0 Å². The molecule has 0 amide bonds. The number of hydrogen-bond donors (Lipinski definition) is 0. The lowest BCUT2D eigenvalue weighted by Gasteiger charge is -2.12. The number of hydrogen-bond acceptors (Lipinski definition) is 2. The maximum absolute atomic E-state index is 4.37. The van der Waals surface area contributed by atoms with E-state index in [0.29, 0.717) is 11.8 Å². The fourth-order valence-corrected chi connectivity index (χ4v) is 1.85. The van der Waals surface area contributed by atoms with Crippen LogP contribution in [-0.4, -0.2) is 14.4 Å². The Morgan fingerprint density at radius 1 is 1.00 bits per heavy atom. The average molecular weight is 203 g/mol. The molecule has 2 rings (SSSR count). The van der Waals surface area contributed by atoms with Crippen molar-refractivity contribution < 1.29 is 0 Å². The van der Waals surface area contributed by atoms with Crippen molar-refractivity contribution in [3.63, 3.8) is 0 Å². The van der Waals surface area contributed by atoms with Crippen molar-refractivity contribution in [3.05, 3.63) is 30.0 Å². The molecule has 80 valence electrons. The molecule has 2 aromatic heterocycles. The van der Waals surface area contributed by atoms with Gasteiger partial charge < -0.3 is 0 Å². The highest BCUT2D eigenvalue weighted by molar-refractivity contribution is 5.43. The molecule has 3 nitrogen and oxygen atoms in total. The van der Waals surface area contributed by atoms with Crippen molar-refractivity contribution in [3.8, 4) is 0 Å². The molecule has 3 heteroatoms. The Bertz CT molecular complexity index is 469. The van der Waals surface area contributed by atoms with E-state index in [1.807, 2.05) is 0 Å². The summed E-state index contributed by atoms with van der Waals surface area (Å²) in [5.41, 5.74) is 2.28. The summed E-state index contributed by atoms with van der Waals surface area (Å²) in [5.74, 6) is 2.00. The molecule has 0 saturated heterocycles. The van der Waals surface area contributed by atoms with Gasteiger partial charge in [-0.1, -0.05) is 27.7 Å². The van der Waals surface area contributed by atoms with Gasteiger partial charge in [0.1, 0.15) is 17.8 Å². The van der Waals surface area contributed by atoms with E-state index < -0.39 is 0 Å². The molecular weight excluding hydrogens is 186 g/mol. The zero-order chi connectivity index (χ0) is 11.0. The third kappa shape index (κ3) is 1.62. The standard InChI is InChI=1S/C12H17N3/c1-8(2)10-5-6-11-13-7-14-12(9(3)4)15(10)11/h5-9H,1-4H3. The Hall–Kier alpha value is -1.38. The Morgan fingerprint density at radius 3 is 2.33 bits per heavy atom. The van der Waals surface area contributed by atoms with E-state index >= 15 is 0 Å². The van der Waals surface area contributed by atoms with Crippen LogP contribution in [-0.2, 0) is 0 Å². The lowest BCUT2D eigenvalue weighted by atomic mass is 10.1. The fraction of sp³-hybridized carbons (Fsp3) is 0.500. The van der Waals surface area contributed by atoms with Crippen LogP contribution < -0.4 is 0 Å². The predicted octanol–water partition coefficient (Wildman–Crippen LogP) is 2.98. The van der Waals surface area contributed by atoms with Crippen LogP contribution in [0.3, 0.4) is 0 Å². The van der Waals surface area contributed by atoms with E-state index in [-0.39, 0.29) is 0 Å². The summed E-state index contributed by atoms with van der Waals surface area (Å²) in [7, 11) is 0. The van der Waals surface area contributed by atoms with Gasteiger partial charge in [-0.25, -0.2) is 9.97 Å². The second-order valence-electron chi connectivity index (χ2n) is 4.49. The van der Waals surface area contributed by atoms with Crippen LogP contribution in [0.25, 0.3) is 5.65 Å². The molecule has 0 aliphatic rings. The van der Waals surface area contributed by atoms with Crippen molar-refractivity contribution in [2.75, 3.05) is 0 Å². The van der Waals surface area contributed by atoms with E-state index in [4.69, 9.17) is 0 Å². The molecule has 0 spiro atoms. The SMILES string of the molecule is CC(C)c1ccc2ncnc(C(C)C)n12. The molecule has 0 fully saturated rings. The third-order valence-electron chi connectivity index (χ3n) is 2.61. The van der Waals surface area contributed by atoms with Gasteiger partial charge in [-0.3, -0.25) is 4.40 Å². The lowest BCUT2D eigenvalue weighted by molar-refractivity contribution is 0.702. The second kappa shape index (κ2) is 3.65. The monoisotopic (exact) mass is 203 g/mol. The molecule has 0 saturated carbocycles. The van der Waals surface area contributed by atoms with Gasteiger partial charge in [-0.2, -0.15) is 0 Å². The minimum absolute atomic E-state index is 0.417. The lowest BCUT2D eigenvalue weighted by Crippen LogP contribution is -2.07. The first-order chi connectivity index (χ1) is 7.11. The number of aromatic nitrogens is 3. The molecule has 0 atom stereocenters. The zero-order valence-electron chi connectivity index (χ0n) is 9.73. The Morgan fingerprint density at radius 2 is 1.73 bits per heavy atom. The normalized spacial score (nSPS) is 11.9. The van der Waals surface area contributed by atoms with Crippen molar-refractivity contribution in [1.82, 2.24) is 14.4 Å². The van der Waals surface area contributed by atoms with Crippen LogP contribution in [0.2, 0.25) is 0 Å². The van der Waals surface area contributed by atoms with Gasteiger partial charge in [-0.15, -0.1) is 0 Å². The summed E-state index contributed by atoms with van der Waals surface area (Å²) in [4.78, 5) is 8.65. The maximum atomic E-state index is 4.37. The van der Waals surface area contributed by atoms with Gasteiger partial charge >= 0.3 is 0 Å². The topological polar surface area (TPSA) is 30.2 Å². The number of rotatable bonds is 2. The first kappa shape index (κ1) is 10.1. The summed E-state index contributed by atoms with van der Waals surface area (Å²) < 4.78 is 2.18. The van der Waals surface area contributed by atoms with E-state index in [0.717, 1.165) is 11.5 Å². The summed E-state index contributed by atoms with van der Waals surface area (Å²) in [6.07, 6.45) is 1.65. The van der Waals surface area contributed by atoms with Crippen molar-refractivity contribution in [1.29, 1.82) is 0 Å². The largest absolute Gasteiger partial charge is 0.286 e. The molecule has 0 unspecified atom stereocenters. The molecule has 0 N–H and O–H groups in total. The minimum atomic E-state index is 0.417. The number of fused-ring (bicyclic) bond motifs is 1. The first-order valence-corrected chi connectivity index (χ1v) is 5.43. The van der Waals surface area contributed by atoms with E-state index in [2.05, 4.69) is 54.2 Å². The fourth-order valence-electron chi connectivity index (χ4n) is 1.85. The van der Waals surface area contributed by atoms with Gasteiger partial charge in [0.25, 0.3) is 0 Å². The van der Waals surface area contributed by atoms with Crippen LogP contribution in [0, 0.1) is 0 Å². The highest BCUT2D eigenvalue weighted by atomic mass is 15.1. The molecule has 15 heavy (non-hydrogen) atoms. The van der Waals surface area contributed by atoms with Gasteiger partial charge in [0.2, 0.25) is 0 Å². The average Bonchev–Trinajstić information content (AvgIpc) is 2.60. The zero-order valence-corrected chi connectivity index (χ0v) is 9.73. The van der Waals surface area contributed by atoms with Crippen LogP contribution in [0.15, 0.2) is 18.5 Å². The van der Waals surface area contributed by atoms with Crippen molar-refractivity contribution in [2.45, 2.75) is 39.5 Å². The summed E-state index contributed by atoms with van der Waals surface area (Å²) >= 11 is 0. The highest BCUT2D eigenvalue weighted by Crippen LogP contribution is 2.21. The minimum Gasteiger partial charge on any atom is -0.286 e. The van der Waals surface area contributed by atoms with Gasteiger partial charge in [0, 0.05) is 11.6 Å². The molecule has 0 aliphatic carbocycles. The van der Waals surface area contributed by atoms with Gasteiger partial charge in [-0.05, 0) is 18.1 Å². The van der Waals surface area contributed by atoms with E-state index in [1.165, 1.54) is 5.69 Å². The smallest absolute Gasteiger partial charge is 0.140 e. The molecule has 2 heterocycles. The Balaban J connectivity index is 2.75. The van der Waals surface area contributed by atoms with Crippen LogP contribution in [0.5, 0.6) is 0 Å². The molecule has 2 aromatic rings. The highest BCUT2D eigenvalue weighted by Gasteiger charge is 2.12. The first-order valence-electron chi connectivity index (χ1n) is 5.43. The van der Waals surface area contributed by atoms with Crippen molar-refractivity contribution >= 4 is 5.65 Å². The summed E-state index contributed by atoms with van der Waals surface area (Å²) in [6, 6.07) is 4.20. The van der Waals surface area contributed by atoms with E-state index in [9.17, 15) is 0 Å². The Kier molecular flexibility index (Phi) is 2.47. The van der Waals surface area contributed by atoms with Crippen LogP contribution in [0.4, 0.5) is 0 Å². The van der Waals surface area contributed by atoms with E-state index in [1.54, 1.807) is 6.33 Å². The summed E-state index contributed by atoms with van der Waals surface area (Å²) in [5, 5.41) is 0. The second-order valence-corrected chi connectivity index (χ2v) is 4.49. The summed E-state index contributed by atoms with van der Waals surface area (Å²) in [6.45, 7) is 8.70. The quantitative estimate of drug-likeness (QED) is 0.751. The molecule has 0 radical (unpaired) electrons. The third-order valence-corrected chi connectivity index (χ3v) is 2.61. The van der Waals surface area contributed by atoms with Crippen LogP contribution >= 0.6 is 0 Å². The maximum Gasteiger partial charge on any atom is 0.140 e. The molecule has 0 bridgehead atoms. The Labute approximate surface area is 90.2 Å². The molecule has 0 aliphatic heterocycles. The molecular formula is C12H17N3. The predicted molar refractivity (Wildman–Crippen MR) is 61.2 cm³/mol. The van der Waals surface area contributed by atoms with Gasteiger partial charge in [0.05, 0.1) is 0 Å². The van der Waals surface area contributed by atoms with Crippen LogP contribution in [0.1, 0.15) is 51.0 Å². The van der Waals surface area contributed by atoms with Gasteiger partial charge in [0.15, 0.2) is 0 Å².